The van der Waals surface area contributed by atoms with Crippen LogP contribution in [0.25, 0.3) is 11.4 Å². The van der Waals surface area contributed by atoms with Gasteiger partial charge in [0.05, 0.1) is 11.4 Å². The van der Waals surface area contributed by atoms with Crippen LogP contribution < -0.4 is 9.21 Å². The number of para-hydroxylation sites is 1. The molecule has 1 aromatic heterocycles. The van der Waals surface area contributed by atoms with E-state index in [0.29, 0.717) is 5.82 Å². The molecule has 0 fully saturated rings. The Hall–Kier alpha value is -3.63. The number of sulfonamides is 1. The zero-order valence-electron chi connectivity index (χ0n) is 18.4. The van der Waals surface area contributed by atoms with Gasteiger partial charge < -0.3 is 4.52 Å². The molecule has 10 heteroatoms. The van der Waals surface area contributed by atoms with Crippen molar-refractivity contribution in [1.29, 1.82) is 0 Å². The van der Waals surface area contributed by atoms with E-state index in [1.54, 1.807) is 48.2 Å². The molecule has 0 bridgehead atoms. The molecule has 2 amide bonds. The summed E-state index contributed by atoms with van der Waals surface area (Å²) >= 11 is 1.63. The summed E-state index contributed by atoms with van der Waals surface area (Å²) in [5.74, 6) is 0.583. The third-order valence-corrected chi connectivity index (χ3v) is 7.92. The molecule has 0 N–H and O–H groups in total. The third-order valence-electron chi connectivity index (χ3n) is 5.42. The van der Waals surface area contributed by atoms with Crippen molar-refractivity contribution in [3.05, 3.63) is 84.3 Å². The Morgan fingerprint density at radius 2 is 1.76 bits per heavy atom. The molecule has 2 heterocycles. The van der Waals surface area contributed by atoms with Gasteiger partial charge in [-0.1, -0.05) is 29.4 Å². The topological polar surface area (TPSA) is 96.6 Å². The van der Waals surface area contributed by atoms with Crippen LogP contribution in [-0.2, 0) is 16.6 Å². The van der Waals surface area contributed by atoms with Crippen molar-refractivity contribution in [3.8, 4) is 11.4 Å². The largest absolute Gasteiger partial charge is 0.343 e. The van der Waals surface area contributed by atoms with Crippen LogP contribution in [0.3, 0.4) is 0 Å². The molecule has 8 nitrogen and oxygen atoms in total. The number of aryl methyl sites for hydroxylation is 1. The van der Waals surface area contributed by atoms with Crippen molar-refractivity contribution >= 4 is 39.2 Å². The highest BCUT2D eigenvalue weighted by Crippen LogP contribution is 2.38. The molecule has 1 aliphatic rings. The van der Waals surface area contributed by atoms with Gasteiger partial charge >= 0.3 is 6.03 Å². The van der Waals surface area contributed by atoms with Crippen molar-refractivity contribution in [3.63, 3.8) is 0 Å². The number of aromatic nitrogens is 2. The average molecular weight is 493 g/mol. The predicted octanol–water partition coefficient (Wildman–Crippen LogP) is 5.10. The van der Waals surface area contributed by atoms with E-state index in [2.05, 4.69) is 10.1 Å². The first-order valence-electron chi connectivity index (χ1n) is 10.4. The lowest BCUT2D eigenvalue weighted by Crippen LogP contribution is -2.50. The standard InChI is InChI=1S/C24H20N4O4S2/c1-16-6-5-7-18(14-16)28-24(29)27(20-8-3-4-9-21(20)34(28,30)31)15-22-25-23(26-32-22)17-10-12-19(33-2)13-11-17/h3-14H,15H2,1-2H3. The normalized spacial score (nSPS) is 14.8. The van der Waals surface area contributed by atoms with Gasteiger partial charge in [0, 0.05) is 10.5 Å². The molecule has 5 rings (SSSR count). The van der Waals surface area contributed by atoms with Crippen molar-refractivity contribution in [2.45, 2.75) is 23.3 Å². The number of carbonyl (C=O) groups excluding carboxylic acids is 1. The summed E-state index contributed by atoms with van der Waals surface area (Å²) in [5.41, 5.74) is 2.15. The van der Waals surface area contributed by atoms with Gasteiger partial charge in [0.15, 0.2) is 0 Å². The summed E-state index contributed by atoms with van der Waals surface area (Å²) in [6.07, 6.45) is 2.00. The van der Waals surface area contributed by atoms with E-state index in [9.17, 15) is 13.2 Å². The van der Waals surface area contributed by atoms with Crippen molar-refractivity contribution in [1.82, 2.24) is 10.1 Å². The Morgan fingerprint density at radius 1 is 1.00 bits per heavy atom. The van der Waals surface area contributed by atoms with Gasteiger partial charge in [-0.2, -0.15) is 9.29 Å². The second-order valence-corrected chi connectivity index (χ2v) is 10.3. The number of thioether (sulfide) groups is 1. The number of urea groups is 1. The number of rotatable bonds is 5. The van der Waals surface area contributed by atoms with E-state index in [0.717, 1.165) is 20.3 Å². The van der Waals surface area contributed by atoms with Crippen LogP contribution in [0, 0.1) is 6.92 Å². The first-order chi connectivity index (χ1) is 16.4. The van der Waals surface area contributed by atoms with Crippen LogP contribution in [0.4, 0.5) is 16.2 Å². The van der Waals surface area contributed by atoms with Gasteiger partial charge in [0.2, 0.25) is 11.7 Å². The van der Waals surface area contributed by atoms with Crippen molar-refractivity contribution < 1.29 is 17.7 Å². The maximum atomic E-state index is 13.5. The van der Waals surface area contributed by atoms with Gasteiger partial charge in [0.1, 0.15) is 11.4 Å². The van der Waals surface area contributed by atoms with Crippen LogP contribution in [0.1, 0.15) is 11.5 Å². The fraction of sp³-hybridized carbons (Fsp3) is 0.125. The molecule has 0 unspecified atom stereocenters. The smallest absolute Gasteiger partial charge is 0.337 e. The van der Waals surface area contributed by atoms with Gasteiger partial charge in [0.25, 0.3) is 10.0 Å². The average Bonchev–Trinajstić information content (AvgIpc) is 3.30. The van der Waals surface area contributed by atoms with Crippen molar-refractivity contribution in [2.75, 3.05) is 15.5 Å². The Morgan fingerprint density at radius 3 is 2.50 bits per heavy atom. The maximum absolute atomic E-state index is 13.5. The lowest BCUT2D eigenvalue weighted by atomic mass is 10.2. The molecular formula is C24H20N4O4S2. The van der Waals surface area contributed by atoms with E-state index in [1.807, 2.05) is 43.5 Å². The van der Waals surface area contributed by atoms with E-state index in [4.69, 9.17) is 4.52 Å². The van der Waals surface area contributed by atoms with E-state index >= 15 is 0 Å². The maximum Gasteiger partial charge on any atom is 0.343 e. The summed E-state index contributed by atoms with van der Waals surface area (Å²) in [4.78, 5) is 20.5. The summed E-state index contributed by atoms with van der Waals surface area (Å²) in [7, 11) is -4.10. The highest BCUT2D eigenvalue weighted by Gasteiger charge is 2.43. The van der Waals surface area contributed by atoms with Crippen molar-refractivity contribution in [2.24, 2.45) is 0 Å². The van der Waals surface area contributed by atoms with E-state index in [1.165, 1.54) is 11.0 Å². The molecule has 3 aromatic carbocycles. The molecule has 4 aromatic rings. The molecule has 0 radical (unpaired) electrons. The Labute approximate surface area is 201 Å². The molecule has 0 aliphatic carbocycles. The molecule has 172 valence electrons. The summed E-state index contributed by atoms with van der Waals surface area (Å²) in [6.45, 7) is 1.76. The Kier molecular flexibility index (Phi) is 5.62. The number of amides is 2. The van der Waals surface area contributed by atoms with Gasteiger partial charge in [-0.25, -0.2) is 13.2 Å². The predicted molar refractivity (Wildman–Crippen MR) is 130 cm³/mol. The zero-order valence-corrected chi connectivity index (χ0v) is 20.0. The van der Waals surface area contributed by atoms with Gasteiger partial charge in [-0.15, -0.1) is 11.8 Å². The van der Waals surface area contributed by atoms with Crippen LogP contribution in [-0.4, -0.2) is 30.8 Å². The molecule has 34 heavy (non-hydrogen) atoms. The highest BCUT2D eigenvalue weighted by atomic mass is 32.2. The Balaban J connectivity index is 1.53. The number of hydrogen-bond acceptors (Lipinski definition) is 7. The quantitative estimate of drug-likeness (QED) is 0.358. The molecule has 0 atom stereocenters. The first kappa shape index (κ1) is 22.2. The summed E-state index contributed by atoms with van der Waals surface area (Å²) in [6, 6.07) is 20.2. The van der Waals surface area contributed by atoms with E-state index < -0.39 is 16.1 Å². The molecule has 0 spiro atoms. The molecule has 1 aliphatic heterocycles. The number of fused-ring (bicyclic) bond motifs is 1. The van der Waals surface area contributed by atoms with Crippen LogP contribution in [0.2, 0.25) is 0 Å². The van der Waals surface area contributed by atoms with Gasteiger partial charge in [-0.05, 0) is 67.3 Å². The lowest BCUT2D eigenvalue weighted by Gasteiger charge is -2.35. The minimum atomic E-state index is -4.10. The second-order valence-electron chi connectivity index (χ2n) is 7.69. The highest BCUT2D eigenvalue weighted by molar-refractivity contribution is 7.98. The Bertz CT molecular complexity index is 1480. The SMILES string of the molecule is CSc1ccc(-c2noc(CN3C(=O)N(c4cccc(C)c4)S(=O)(=O)c4ccccc43)n2)cc1. The van der Waals surface area contributed by atoms with Gasteiger partial charge in [-0.3, -0.25) is 4.90 Å². The van der Waals surface area contributed by atoms with E-state index in [-0.39, 0.29) is 28.7 Å². The number of carbonyl (C=O) groups is 1. The summed E-state index contributed by atoms with van der Waals surface area (Å²) in [5, 5.41) is 4.04. The number of anilines is 2. The minimum Gasteiger partial charge on any atom is -0.337 e. The van der Waals surface area contributed by atoms with Crippen LogP contribution in [0.5, 0.6) is 0 Å². The number of nitrogens with zero attached hydrogens (tertiary/aromatic N) is 4. The monoisotopic (exact) mass is 492 g/mol. The lowest BCUT2D eigenvalue weighted by molar-refractivity contribution is 0.252. The zero-order chi connectivity index (χ0) is 23.9. The second kappa shape index (κ2) is 8.62. The molecule has 0 saturated carbocycles. The molecular weight excluding hydrogens is 472 g/mol. The molecule has 0 saturated heterocycles. The minimum absolute atomic E-state index is 0.0310. The fourth-order valence-electron chi connectivity index (χ4n) is 3.78. The first-order valence-corrected chi connectivity index (χ1v) is 13.0. The number of hydrogen-bond donors (Lipinski definition) is 0. The third kappa shape index (κ3) is 3.84. The fourth-order valence-corrected chi connectivity index (χ4v) is 5.77. The van der Waals surface area contributed by atoms with Crippen LogP contribution >= 0.6 is 11.8 Å². The van der Waals surface area contributed by atoms with Crippen LogP contribution in [0.15, 0.2) is 87.1 Å². The summed E-state index contributed by atoms with van der Waals surface area (Å²) < 4.78 is 33.0. The number of benzene rings is 3.